The summed E-state index contributed by atoms with van der Waals surface area (Å²) in [5, 5.41) is 19.6. The Bertz CT molecular complexity index is 1010. The summed E-state index contributed by atoms with van der Waals surface area (Å²) in [5.41, 5.74) is 0.129. The van der Waals surface area contributed by atoms with Crippen molar-refractivity contribution in [2.75, 3.05) is 17.3 Å². The van der Waals surface area contributed by atoms with E-state index < -0.39 is 34.0 Å². The van der Waals surface area contributed by atoms with Crippen LogP contribution in [-0.2, 0) is 9.59 Å². The van der Waals surface area contributed by atoms with Crippen LogP contribution in [0.25, 0.3) is 0 Å². The van der Waals surface area contributed by atoms with Crippen molar-refractivity contribution in [3.05, 3.63) is 48.0 Å². The average Bonchev–Trinajstić information content (AvgIpc) is 2.96. The summed E-state index contributed by atoms with van der Waals surface area (Å²) in [7, 11) is 1.47. The summed E-state index contributed by atoms with van der Waals surface area (Å²) in [6, 6.07) is 10.0. The van der Waals surface area contributed by atoms with Crippen LogP contribution in [0.2, 0.25) is 0 Å². The molecule has 1 fully saturated rings. The number of aromatic hydroxyl groups is 1. The minimum absolute atomic E-state index is 0.150. The van der Waals surface area contributed by atoms with Crippen LogP contribution in [0, 0.1) is 0 Å². The number of aromatic carboxylic acids is 1. The van der Waals surface area contributed by atoms with E-state index in [0.717, 1.165) is 28.8 Å². The summed E-state index contributed by atoms with van der Waals surface area (Å²) in [6.07, 6.45) is -0.279. The molecule has 2 aromatic carbocycles. The maximum Gasteiger partial charge on any atom is 0.339 e. The van der Waals surface area contributed by atoms with Gasteiger partial charge in [0.25, 0.3) is 5.24 Å². The number of phenols is 1. The SMILES string of the molecule is COc1cccc(N2C(=O)SC(CC(=O)Nc3ccc(O)c(C(=O)O)c3)C2=O)c1. The van der Waals surface area contributed by atoms with Crippen LogP contribution < -0.4 is 15.0 Å². The van der Waals surface area contributed by atoms with Gasteiger partial charge in [-0.3, -0.25) is 14.4 Å². The lowest BCUT2D eigenvalue weighted by atomic mass is 10.1. The molecule has 1 aliphatic rings. The zero-order chi connectivity index (χ0) is 21.1. The Morgan fingerprint density at radius 1 is 1.21 bits per heavy atom. The van der Waals surface area contributed by atoms with Gasteiger partial charge in [0.15, 0.2) is 0 Å². The minimum atomic E-state index is -1.35. The van der Waals surface area contributed by atoms with E-state index in [9.17, 15) is 24.3 Å². The van der Waals surface area contributed by atoms with Crippen molar-refractivity contribution in [2.45, 2.75) is 11.7 Å². The fourth-order valence-corrected chi connectivity index (χ4v) is 3.72. The molecule has 3 rings (SSSR count). The van der Waals surface area contributed by atoms with Crippen molar-refractivity contribution in [3.8, 4) is 11.5 Å². The van der Waals surface area contributed by atoms with E-state index in [2.05, 4.69) is 5.32 Å². The molecule has 0 aromatic heterocycles. The number of nitrogens with zero attached hydrogens (tertiary/aromatic N) is 1. The van der Waals surface area contributed by atoms with Crippen LogP contribution in [0.15, 0.2) is 42.5 Å². The Labute approximate surface area is 169 Å². The molecule has 1 heterocycles. The first kappa shape index (κ1) is 20.2. The molecule has 9 nitrogen and oxygen atoms in total. The number of thioether (sulfide) groups is 1. The molecule has 3 amide bonds. The van der Waals surface area contributed by atoms with Gasteiger partial charge in [-0.05, 0) is 42.1 Å². The zero-order valence-electron chi connectivity index (χ0n) is 15.1. The normalized spacial score (nSPS) is 16.0. The second-order valence-corrected chi connectivity index (χ2v) is 7.19. The Hall–Kier alpha value is -3.53. The van der Waals surface area contributed by atoms with E-state index in [1.807, 2.05) is 0 Å². The molecule has 2 aromatic rings. The smallest absolute Gasteiger partial charge is 0.339 e. The highest BCUT2D eigenvalue weighted by atomic mass is 32.2. The van der Waals surface area contributed by atoms with Crippen molar-refractivity contribution < 1.29 is 34.1 Å². The molecule has 1 saturated heterocycles. The van der Waals surface area contributed by atoms with Crippen LogP contribution >= 0.6 is 11.8 Å². The van der Waals surface area contributed by atoms with Gasteiger partial charge in [0.1, 0.15) is 22.3 Å². The topological polar surface area (TPSA) is 133 Å². The van der Waals surface area contributed by atoms with E-state index in [1.165, 1.54) is 13.2 Å². The highest BCUT2D eigenvalue weighted by Gasteiger charge is 2.41. The molecule has 1 atom stereocenters. The van der Waals surface area contributed by atoms with Gasteiger partial charge in [-0.25, -0.2) is 9.69 Å². The van der Waals surface area contributed by atoms with Gasteiger partial charge in [-0.2, -0.15) is 0 Å². The number of carboxylic acids is 1. The number of ether oxygens (including phenoxy) is 1. The van der Waals surface area contributed by atoms with Gasteiger partial charge < -0.3 is 20.3 Å². The van der Waals surface area contributed by atoms with Gasteiger partial charge in [-0.1, -0.05) is 6.07 Å². The quantitative estimate of drug-likeness (QED) is 0.612. The second-order valence-electron chi connectivity index (χ2n) is 6.04. The zero-order valence-corrected chi connectivity index (χ0v) is 15.9. The van der Waals surface area contributed by atoms with E-state index >= 15 is 0 Å². The number of carbonyl (C=O) groups excluding carboxylic acids is 3. The highest BCUT2D eigenvalue weighted by Crippen LogP contribution is 2.35. The lowest BCUT2D eigenvalue weighted by Gasteiger charge is -2.14. The largest absolute Gasteiger partial charge is 0.507 e. The molecule has 29 heavy (non-hydrogen) atoms. The number of anilines is 2. The first-order chi connectivity index (χ1) is 13.8. The van der Waals surface area contributed by atoms with Crippen LogP contribution in [0.4, 0.5) is 16.2 Å². The fraction of sp³-hybridized carbons (Fsp3) is 0.158. The Kier molecular flexibility index (Phi) is 5.74. The highest BCUT2D eigenvalue weighted by molar-refractivity contribution is 8.15. The van der Waals surface area contributed by atoms with Crippen molar-refractivity contribution >= 4 is 46.2 Å². The number of methoxy groups -OCH3 is 1. The Morgan fingerprint density at radius 3 is 2.66 bits per heavy atom. The number of amides is 3. The summed E-state index contributed by atoms with van der Waals surface area (Å²) in [6.45, 7) is 0. The van der Waals surface area contributed by atoms with Gasteiger partial charge in [0, 0.05) is 18.2 Å². The predicted molar refractivity (Wildman–Crippen MR) is 106 cm³/mol. The molecular formula is C19H16N2O7S. The van der Waals surface area contributed by atoms with Crippen molar-refractivity contribution in [3.63, 3.8) is 0 Å². The molecule has 0 saturated carbocycles. The molecular weight excluding hydrogens is 400 g/mol. The van der Waals surface area contributed by atoms with E-state index in [4.69, 9.17) is 9.84 Å². The van der Waals surface area contributed by atoms with Crippen molar-refractivity contribution in [1.29, 1.82) is 0 Å². The summed E-state index contributed by atoms with van der Waals surface area (Å²) in [5.74, 6) is -2.40. The summed E-state index contributed by atoms with van der Waals surface area (Å²) in [4.78, 5) is 49.3. The number of hydrogen-bond donors (Lipinski definition) is 3. The van der Waals surface area contributed by atoms with Gasteiger partial charge in [-0.15, -0.1) is 0 Å². The van der Waals surface area contributed by atoms with Gasteiger partial charge >= 0.3 is 5.97 Å². The number of rotatable bonds is 6. The Balaban J connectivity index is 1.70. The maximum absolute atomic E-state index is 12.6. The number of nitrogens with one attached hydrogen (secondary N) is 1. The van der Waals surface area contributed by atoms with Crippen LogP contribution in [0.5, 0.6) is 11.5 Å². The lowest BCUT2D eigenvalue weighted by Crippen LogP contribution is -2.33. The molecule has 0 bridgehead atoms. The van der Waals surface area contributed by atoms with Crippen molar-refractivity contribution in [1.82, 2.24) is 0 Å². The first-order valence-corrected chi connectivity index (χ1v) is 9.23. The average molecular weight is 416 g/mol. The lowest BCUT2D eigenvalue weighted by molar-refractivity contribution is -0.121. The predicted octanol–water partition coefficient (Wildman–Crippen LogP) is 2.70. The molecule has 10 heteroatoms. The van der Waals surface area contributed by atoms with E-state index in [0.29, 0.717) is 11.4 Å². The third kappa shape index (κ3) is 4.32. The number of benzene rings is 2. The summed E-state index contributed by atoms with van der Waals surface area (Å²) >= 11 is 0.741. The molecule has 1 unspecified atom stereocenters. The van der Waals surface area contributed by atoms with Crippen molar-refractivity contribution in [2.24, 2.45) is 0 Å². The van der Waals surface area contributed by atoms with Gasteiger partial charge in [0.2, 0.25) is 11.8 Å². The van der Waals surface area contributed by atoms with Gasteiger partial charge in [0.05, 0.1) is 12.8 Å². The first-order valence-electron chi connectivity index (χ1n) is 8.35. The molecule has 3 N–H and O–H groups in total. The third-order valence-corrected chi connectivity index (χ3v) is 5.15. The second kappa shape index (κ2) is 8.23. The molecule has 0 aliphatic carbocycles. The molecule has 1 aliphatic heterocycles. The standard InChI is InChI=1S/C19H16N2O7S/c1-28-12-4-2-3-11(8-12)21-17(24)15(29-19(21)27)9-16(23)20-10-5-6-14(22)13(7-10)18(25)26/h2-8,15,22H,9H2,1H3,(H,20,23)(H,25,26). The third-order valence-electron chi connectivity index (χ3n) is 4.11. The van der Waals surface area contributed by atoms with E-state index in [-0.39, 0.29) is 17.7 Å². The number of hydrogen-bond acceptors (Lipinski definition) is 7. The Morgan fingerprint density at radius 2 is 1.97 bits per heavy atom. The summed E-state index contributed by atoms with van der Waals surface area (Å²) < 4.78 is 5.10. The minimum Gasteiger partial charge on any atom is -0.507 e. The molecule has 0 radical (unpaired) electrons. The number of carboxylic acid groups (broad SMARTS) is 1. The monoisotopic (exact) mass is 416 g/mol. The molecule has 0 spiro atoms. The van der Waals surface area contributed by atoms with Crippen LogP contribution in [0.3, 0.4) is 0 Å². The van der Waals surface area contributed by atoms with Crippen LogP contribution in [-0.4, -0.2) is 45.6 Å². The fourth-order valence-electron chi connectivity index (χ4n) is 2.74. The molecule has 150 valence electrons. The van der Waals surface area contributed by atoms with Crippen LogP contribution in [0.1, 0.15) is 16.8 Å². The number of carbonyl (C=O) groups is 4. The van der Waals surface area contributed by atoms with E-state index in [1.54, 1.807) is 24.3 Å². The number of imide groups is 1. The maximum atomic E-state index is 12.6.